The summed E-state index contributed by atoms with van der Waals surface area (Å²) in [6.45, 7) is 0. The molecule has 0 bridgehead atoms. The molecule has 0 aliphatic heterocycles. The van der Waals surface area contributed by atoms with Crippen LogP contribution in [0.5, 0.6) is 0 Å². The highest BCUT2D eigenvalue weighted by Crippen LogP contribution is 2.64. The first-order valence-corrected chi connectivity index (χ1v) is 22.5. The van der Waals surface area contributed by atoms with Crippen molar-refractivity contribution in [2.45, 2.75) is 5.41 Å². The molecule has 0 N–H and O–H groups in total. The van der Waals surface area contributed by atoms with Crippen LogP contribution in [0.4, 0.5) is 34.1 Å². The van der Waals surface area contributed by atoms with Crippen LogP contribution in [0, 0.1) is 0 Å². The van der Waals surface area contributed by atoms with E-state index in [1.807, 2.05) is 0 Å². The third-order valence-corrected chi connectivity index (χ3v) is 13.8. The van der Waals surface area contributed by atoms with Gasteiger partial charge >= 0.3 is 0 Å². The molecule has 0 fully saturated rings. The van der Waals surface area contributed by atoms with E-state index in [4.69, 9.17) is 0 Å². The molecule has 304 valence electrons. The molecular formula is C63H42N2. The van der Waals surface area contributed by atoms with Crippen molar-refractivity contribution in [1.82, 2.24) is 0 Å². The molecule has 1 spiro atoms. The highest BCUT2D eigenvalue weighted by Gasteiger charge is 2.52. The van der Waals surface area contributed by atoms with E-state index in [1.165, 1.54) is 77.2 Å². The molecule has 0 saturated carbocycles. The molecular weight excluding hydrogens is 785 g/mol. The fourth-order valence-electron chi connectivity index (χ4n) is 11.1. The lowest BCUT2D eigenvalue weighted by Crippen LogP contribution is -2.26. The van der Waals surface area contributed by atoms with Gasteiger partial charge in [0.15, 0.2) is 0 Å². The van der Waals surface area contributed by atoms with Crippen LogP contribution in [0.15, 0.2) is 255 Å². The van der Waals surface area contributed by atoms with Gasteiger partial charge in [0.1, 0.15) is 0 Å². The standard InChI is InChI=1S/C63H42N2/c1-4-21-47(22-5-1)64(48-23-6-2-7-24-48)50-35-37-55-53-28-14-16-30-57(53)63(59(55)41-50)58-31-17-15-29-54(58)56-38-36-51(42-60(56)63)65(49-25-8-3-9-26-49)61-39-34-44-19-12-13-27-52(44)62(61)46-33-32-43-18-10-11-20-45(43)40-46/h1-42H. The minimum atomic E-state index is -0.574. The molecule has 65 heavy (non-hydrogen) atoms. The predicted octanol–water partition coefficient (Wildman–Crippen LogP) is 16.9. The van der Waals surface area contributed by atoms with Crippen molar-refractivity contribution in [3.63, 3.8) is 0 Å². The Kier molecular flexibility index (Phi) is 8.47. The van der Waals surface area contributed by atoms with E-state index < -0.39 is 5.41 Å². The molecule has 0 saturated heterocycles. The summed E-state index contributed by atoms with van der Waals surface area (Å²) in [6, 6.07) is 94.0. The van der Waals surface area contributed by atoms with Crippen LogP contribution in [-0.2, 0) is 5.41 Å². The quantitative estimate of drug-likeness (QED) is 0.158. The number of fused-ring (bicyclic) bond motifs is 12. The van der Waals surface area contributed by atoms with Gasteiger partial charge in [-0.1, -0.05) is 182 Å². The van der Waals surface area contributed by atoms with Crippen LogP contribution in [0.1, 0.15) is 22.3 Å². The van der Waals surface area contributed by atoms with E-state index in [2.05, 4.69) is 265 Å². The number of para-hydroxylation sites is 3. The Morgan fingerprint density at radius 1 is 0.262 bits per heavy atom. The normalized spacial score (nSPS) is 14.2. The first-order valence-electron chi connectivity index (χ1n) is 22.5. The van der Waals surface area contributed by atoms with E-state index in [-0.39, 0.29) is 0 Å². The number of hydrogen-bond donors (Lipinski definition) is 0. The van der Waals surface area contributed by atoms with E-state index in [0.717, 1.165) is 34.1 Å². The Hall–Kier alpha value is -8.46. The zero-order chi connectivity index (χ0) is 42.9. The Bertz CT molecular complexity index is 3560. The second-order valence-corrected chi connectivity index (χ2v) is 17.2. The summed E-state index contributed by atoms with van der Waals surface area (Å²) in [5, 5.41) is 4.89. The van der Waals surface area contributed by atoms with Crippen molar-refractivity contribution in [3.05, 3.63) is 277 Å². The zero-order valence-corrected chi connectivity index (χ0v) is 35.6. The van der Waals surface area contributed by atoms with Crippen LogP contribution in [0.2, 0.25) is 0 Å². The lowest BCUT2D eigenvalue weighted by atomic mass is 9.70. The molecule has 1 unspecified atom stereocenters. The highest BCUT2D eigenvalue weighted by atomic mass is 15.1. The number of benzene rings is 11. The van der Waals surface area contributed by atoms with Gasteiger partial charge in [-0.3, -0.25) is 0 Å². The van der Waals surface area contributed by atoms with Crippen molar-refractivity contribution in [2.24, 2.45) is 0 Å². The summed E-state index contributed by atoms with van der Waals surface area (Å²) in [7, 11) is 0. The lowest BCUT2D eigenvalue weighted by Gasteiger charge is -2.34. The Balaban J connectivity index is 1.08. The van der Waals surface area contributed by atoms with Gasteiger partial charge in [-0.25, -0.2) is 0 Å². The van der Waals surface area contributed by atoms with Crippen molar-refractivity contribution in [1.29, 1.82) is 0 Å². The topological polar surface area (TPSA) is 6.48 Å². The average Bonchev–Trinajstić information content (AvgIpc) is 3.84. The monoisotopic (exact) mass is 826 g/mol. The summed E-state index contributed by atoms with van der Waals surface area (Å²) in [4.78, 5) is 4.87. The van der Waals surface area contributed by atoms with E-state index >= 15 is 0 Å². The van der Waals surface area contributed by atoms with Crippen LogP contribution >= 0.6 is 0 Å². The fourth-order valence-corrected chi connectivity index (χ4v) is 11.1. The fraction of sp³-hybridized carbons (Fsp3) is 0.0159. The van der Waals surface area contributed by atoms with Gasteiger partial charge in [0, 0.05) is 34.0 Å². The maximum Gasteiger partial charge on any atom is 0.0727 e. The second-order valence-electron chi connectivity index (χ2n) is 17.2. The van der Waals surface area contributed by atoms with Crippen molar-refractivity contribution >= 4 is 55.7 Å². The minimum Gasteiger partial charge on any atom is -0.310 e. The summed E-state index contributed by atoms with van der Waals surface area (Å²) < 4.78 is 0. The van der Waals surface area contributed by atoms with E-state index in [1.54, 1.807) is 0 Å². The summed E-state index contributed by atoms with van der Waals surface area (Å²) >= 11 is 0. The largest absolute Gasteiger partial charge is 0.310 e. The van der Waals surface area contributed by atoms with Crippen LogP contribution in [-0.4, -0.2) is 0 Å². The molecule has 0 heterocycles. The maximum atomic E-state index is 2.51. The lowest BCUT2D eigenvalue weighted by molar-refractivity contribution is 0.793. The number of hydrogen-bond acceptors (Lipinski definition) is 2. The zero-order valence-electron chi connectivity index (χ0n) is 35.6. The molecule has 0 aromatic heterocycles. The van der Waals surface area contributed by atoms with Crippen LogP contribution in [0.3, 0.4) is 0 Å². The molecule has 0 amide bonds. The highest BCUT2D eigenvalue weighted by molar-refractivity contribution is 6.07. The van der Waals surface area contributed by atoms with Gasteiger partial charge in [0.25, 0.3) is 0 Å². The van der Waals surface area contributed by atoms with Gasteiger partial charge in [0.2, 0.25) is 0 Å². The average molecular weight is 827 g/mol. The van der Waals surface area contributed by atoms with Crippen LogP contribution < -0.4 is 9.80 Å². The molecule has 11 aromatic rings. The van der Waals surface area contributed by atoms with Crippen molar-refractivity contribution < 1.29 is 0 Å². The number of rotatable bonds is 7. The predicted molar refractivity (Wildman–Crippen MR) is 273 cm³/mol. The molecule has 2 aliphatic carbocycles. The van der Waals surface area contributed by atoms with Crippen molar-refractivity contribution in [2.75, 3.05) is 9.80 Å². The van der Waals surface area contributed by atoms with Gasteiger partial charge < -0.3 is 9.80 Å². The smallest absolute Gasteiger partial charge is 0.0727 e. The van der Waals surface area contributed by atoms with Gasteiger partial charge in [-0.15, -0.1) is 0 Å². The molecule has 0 radical (unpaired) electrons. The van der Waals surface area contributed by atoms with Crippen LogP contribution in [0.25, 0.3) is 54.9 Å². The molecule has 2 heteroatoms. The molecule has 11 aromatic carbocycles. The first kappa shape index (κ1) is 37.1. The Morgan fingerprint density at radius 2 is 0.708 bits per heavy atom. The van der Waals surface area contributed by atoms with E-state index in [0.29, 0.717) is 0 Å². The molecule has 13 rings (SSSR count). The summed E-state index contributed by atoms with van der Waals surface area (Å²) in [5.41, 5.74) is 18.8. The van der Waals surface area contributed by atoms with Gasteiger partial charge in [-0.05, 0) is 144 Å². The first-order chi connectivity index (χ1) is 32.3. The molecule has 1 atom stereocenters. The van der Waals surface area contributed by atoms with Crippen molar-refractivity contribution in [3.8, 4) is 33.4 Å². The van der Waals surface area contributed by atoms with Gasteiger partial charge in [-0.2, -0.15) is 0 Å². The van der Waals surface area contributed by atoms with Gasteiger partial charge in [0.05, 0.1) is 11.1 Å². The SMILES string of the molecule is c1ccc(N(c2ccccc2)c2ccc3c(c2)C2(c4ccccc4-3)c3ccccc3-c3ccc(N(c4ccccc4)c4ccc5ccccc5c4-c4ccc5ccccc5c4)cc32)cc1. The third-order valence-electron chi connectivity index (χ3n) is 13.8. The maximum absolute atomic E-state index is 2.51. The second kappa shape index (κ2) is 14.8. The number of anilines is 6. The Labute approximate surface area is 379 Å². The summed E-state index contributed by atoms with van der Waals surface area (Å²) in [6.07, 6.45) is 0. The summed E-state index contributed by atoms with van der Waals surface area (Å²) in [5.74, 6) is 0. The Morgan fingerprint density at radius 3 is 1.31 bits per heavy atom. The molecule has 2 nitrogen and oxygen atoms in total. The molecule has 2 aliphatic rings. The van der Waals surface area contributed by atoms with E-state index in [9.17, 15) is 0 Å². The third kappa shape index (κ3) is 5.67. The number of nitrogens with zero attached hydrogens (tertiary/aromatic N) is 2. The minimum absolute atomic E-state index is 0.574.